The Hall–Kier alpha value is -2.57. The van der Waals surface area contributed by atoms with E-state index in [1.807, 2.05) is 60.6 Å². The first-order valence-corrected chi connectivity index (χ1v) is 12.0. The van der Waals surface area contributed by atoms with E-state index in [1.165, 1.54) is 0 Å². The highest BCUT2D eigenvalue weighted by molar-refractivity contribution is 6.06. The van der Waals surface area contributed by atoms with Gasteiger partial charge in [-0.25, -0.2) is 9.59 Å². The summed E-state index contributed by atoms with van der Waals surface area (Å²) in [4.78, 5) is 42.8. The van der Waals surface area contributed by atoms with Gasteiger partial charge in [0.05, 0.1) is 5.69 Å². The zero-order valence-electron chi connectivity index (χ0n) is 21.1. The number of hydrogen-bond donors (Lipinski definition) is 0. The highest BCUT2D eigenvalue weighted by atomic mass is 16.6. The van der Waals surface area contributed by atoms with Gasteiger partial charge in [-0.3, -0.25) is 14.6 Å². The average Bonchev–Trinajstić information content (AvgIpc) is 3.29. The number of fused-ring (bicyclic) bond motifs is 1. The average molecular weight is 459 g/mol. The fourth-order valence-electron chi connectivity index (χ4n) is 4.80. The summed E-state index contributed by atoms with van der Waals surface area (Å²) in [6, 6.07) is 5.48. The molecular weight excluding hydrogens is 420 g/mol. The Morgan fingerprint density at radius 3 is 2.21 bits per heavy atom. The molecule has 7 nitrogen and oxygen atoms in total. The third-order valence-corrected chi connectivity index (χ3v) is 6.04. The molecule has 1 atom stereocenters. The Morgan fingerprint density at radius 1 is 0.970 bits per heavy atom. The first-order valence-electron chi connectivity index (χ1n) is 12.0. The van der Waals surface area contributed by atoms with Crippen molar-refractivity contribution >= 4 is 23.7 Å². The molecule has 2 heterocycles. The second-order valence-corrected chi connectivity index (χ2v) is 11.1. The van der Waals surface area contributed by atoms with Crippen LogP contribution in [0.4, 0.5) is 15.3 Å². The largest absolute Gasteiger partial charge is 0.444 e. The van der Waals surface area contributed by atoms with Gasteiger partial charge in [-0.2, -0.15) is 0 Å². The Kier molecular flexibility index (Phi) is 6.83. The van der Waals surface area contributed by atoms with Crippen molar-refractivity contribution in [1.29, 1.82) is 0 Å². The summed E-state index contributed by atoms with van der Waals surface area (Å²) in [6.07, 6.45) is 2.61. The van der Waals surface area contributed by atoms with Gasteiger partial charge in [0.15, 0.2) is 5.78 Å². The maximum absolute atomic E-state index is 13.9. The van der Waals surface area contributed by atoms with E-state index in [1.54, 1.807) is 15.9 Å². The standard InChI is InChI=1S/C26H38N2O5/c1-8-13-26(14-9-15-28(26)23(31)33-25(5,6)7)21(29)19-10-11-20-18(17-19)12-16-27(20)22(30)32-24(2,3)4/h10-11,17H,8-9,12-16H2,1-7H3. The van der Waals surface area contributed by atoms with Crippen LogP contribution in [0.3, 0.4) is 0 Å². The summed E-state index contributed by atoms with van der Waals surface area (Å²) in [7, 11) is 0. The second-order valence-electron chi connectivity index (χ2n) is 11.1. The minimum atomic E-state index is -0.894. The number of rotatable bonds is 4. The number of carbonyl (C=O) groups excluding carboxylic acids is 3. The summed E-state index contributed by atoms with van der Waals surface area (Å²) in [5, 5.41) is 0. The number of nitrogens with zero attached hydrogens (tertiary/aromatic N) is 2. The zero-order chi connectivity index (χ0) is 24.6. The van der Waals surface area contributed by atoms with Crippen molar-refractivity contribution in [3.8, 4) is 0 Å². The molecule has 0 aliphatic carbocycles. The lowest BCUT2D eigenvalue weighted by molar-refractivity contribution is 0.00731. The first kappa shape index (κ1) is 25.1. The minimum Gasteiger partial charge on any atom is -0.444 e. The number of amides is 2. The molecule has 0 spiro atoms. The third-order valence-electron chi connectivity index (χ3n) is 6.04. The lowest BCUT2D eigenvalue weighted by atomic mass is 9.82. The van der Waals surface area contributed by atoms with E-state index in [2.05, 4.69) is 0 Å². The lowest BCUT2D eigenvalue weighted by Crippen LogP contribution is -2.54. The number of ketones is 1. The molecule has 0 saturated carbocycles. The first-order chi connectivity index (χ1) is 15.3. The number of anilines is 1. The van der Waals surface area contributed by atoms with Gasteiger partial charge in [0.2, 0.25) is 0 Å². The predicted molar refractivity (Wildman–Crippen MR) is 128 cm³/mol. The van der Waals surface area contributed by atoms with Crippen LogP contribution in [0.2, 0.25) is 0 Å². The van der Waals surface area contributed by atoms with Gasteiger partial charge in [-0.15, -0.1) is 0 Å². The molecule has 1 aromatic rings. The molecule has 0 bridgehead atoms. The zero-order valence-corrected chi connectivity index (χ0v) is 21.1. The molecule has 0 aromatic heterocycles. The molecule has 182 valence electrons. The Labute approximate surface area is 197 Å². The van der Waals surface area contributed by atoms with E-state index in [4.69, 9.17) is 9.47 Å². The van der Waals surface area contributed by atoms with E-state index < -0.39 is 22.8 Å². The Balaban J connectivity index is 1.89. The molecule has 7 heteroatoms. The molecule has 33 heavy (non-hydrogen) atoms. The fraction of sp³-hybridized carbons (Fsp3) is 0.654. The van der Waals surface area contributed by atoms with Gasteiger partial charge < -0.3 is 9.47 Å². The van der Waals surface area contributed by atoms with Crippen LogP contribution in [0.15, 0.2) is 18.2 Å². The van der Waals surface area contributed by atoms with Crippen LogP contribution in [0.5, 0.6) is 0 Å². The van der Waals surface area contributed by atoms with Crippen LogP contribution in [0.1, 0.15) is 90.1 Å². The summed E-state index contributed by atoms with van der Waals surface area (Å²) < 4.78 is 11.2. The van der Waals surface area contributed by atoms with Gasteiger partial charge in [-0.1, -0.05) is 13.3 Å². The van der Waals surface area contributed by atoms with Crippen molar-refractivity contribution < 1.29 is 23.9 Å². The Morgan fingerprint density at radius 2 is 1.61 bits per heavy atom. The second kappa shape index (κ2) is 8.99. The van der Waals surface area contributed by atoms with Crippen molar-refractivity contribution in [2.45, 2.75) is 97.3 Å². The molecule has 1 fully saturated rings. The smallest absolute Gasteiger partial charge is 0.414 e. The third kappa shape index (κ3) is 5.33. The number of carbonyl (C=O) groups is 3. The van der Waals surface area contributed by atoms with Crippen molar-refractivity contribution in [3.63, 3.8) is 0 Å². The molecule has 2 amide bonds. The monoisotopic (exact) mass is 458 g/mol. The van der Waals surface area contributed by atoms with Gasteiger partial charge in [0.25, 0.3) is 0 Å². The van der Waals surface area contributed by atoms with E-state index in [9.17, 15) is 14.4 Å². The number of benzene rings is 1. The molecule has 0 N–H and O–H groups in total. The van der Waals surface area contributed by atoms with Crippen LogP contribution in [-0.2, 0) is 15.9 Å². The van der Waals surface area contributed by atoms with E-state index in [0.29, 0.717) is 37.9 Å². The van der Waals surface area contributed by atoms with E-state index in [0.717, 1.165) is 24.1 Å². The highest BCUT2D eigenvalue weighted by Crippen LogP contribution is 2.39. The molecule has 2 aliphatic heterocycles. The van der Waals surface area contributed by atoms with Crippen LogP contribution >= 0.6 is 0 Å². The van der Waals surface area contributed by atoms with Crippen molar-refractivity contribution in [1.82, 2.24) is 4.90 Å². The fourth-order valence-corrected chi connectivity index (χ4v) is 4.80. The molecule has 1 aromatic carbocycles. The Bertz CT molecular complexity index is 928. The summed E-state index contributed by atoms with van der Waals surface area (Å²) >= 11 is 0. The lowest BCUT2D eigenvalue weighted by Gasteiger charge is -2.38. The molecule has 1 saturated heterocycles. The van der Waals surface area contributed by atoms with E-state index >= 15 is 0 Å². The van der Waals surface area contributed by atoms with Gasteiger partial charge >= 0.3 is 12.2 Å². The molecule has 3 rings (SSSR count). The SMILES string of the molecule is CCCC1(C(=O)c2ccc3c(c2)CCN3C(=O)OC(C)(C)C)CCCN1C(=O)OC(C)(C)C. The van der Waals surface area contributed by atoms with Crippen LogP contribution < -0.4 is 4.90 Å². The van der Waals surface area contributed by atoms with Gasteiger partial charge in [-0.05, 0) is 91.0 Å². The molecular formula is C26H38N2O5. The summed E-state index contributed by atoms with van der Waals surface area (Å²) in [6.45, 7) is 14.1. The molecule has 0 radical (unpaired) electrons. The summed E-state index contributed by atoms with van der Waals surface area (Å²) in [5.74, 6) is -0.0498. The highest BCUT2D eigenvalue weighted by Gasteiger charge is 2.50. The normalized spacial score (nSPS) is 20.6. The maximum Gasteiger partial charge on any atom is 0.414 e. The maximum atomic E-state index is 13.9. The number of ether oxygens (including phenoxy) is 2. The van der Waals surface area contributed by atoms with E-state index in [-0.39, 0.29) is 11.9 Å². The van der Waals surface area contributed by atoms with Crippen molar-refractivity contribution in [3.05, 3.63) is 29.3 Å². The van der Waals surface area contributed by atoms with Gasteiger partial charge in [0.1, 0.15) is 16.7 Å². The summed E-state index contributed by atoms with van der Waals surface area (Å²) in [5.41, 5.74) is 0.203. The number of Topliss-reactive ketones (excluding diaryl/α,β-unsaturated/α-hetero) is 1. The van der Waals surface area contributed by atoms with Crippen molar-refractivity contribution in [2.24, 2.45) is 0 Å². The van der Waals surface area contributed by atoms with Crippen molar-refractivity contribution in [2.75, 3.05) is 18.0 Å². The number of likely N-dealkylation sites (tertiary alicyclic amines) is 1. The quantitative estimate of drug-likeness (QED) is 0.538. The van der Waals surface area contributed by atoms with Crippen LogP contribution in [0, 0.1) is 0 Å². The predicted octanol–water partition coefficient (Wildman–Crippen LogP) is 5.74. The minimum absolute atomic E-state index is 0.0498. The molecule has 2 aliphatic rings. The topological polar surface area (TPSA) is 76.2 Å². The number of hydrogen-bond acceptors (Lipinski definition) is 5. The van der Waals surface area contributed by atoms with Crippen LogP contribution in [-0.4, -0.2) is 52.7 Å². The molecule has 1 unspecified atom stereocenters. The van der Waals surface area contributed by atoms with Gasteiger partial charge in [0, 0.05) is 18.7 Å². The van der Waals surface area contributed by atoms with Crippen LogP contribution in [0.25, 0.3) is 0 Å².